The Morgan fingerprint density at radius 1 is 1.70 bits per heavy atom. The highest BCUT2D eigenvalue weighted by Crippen LogP contribution is 2.57. The smallest absolute Gasteiger partial charge is 0.300 e. The van der Waals surface area contributed by atoms with Crippen molar-refractivity contribution in [3.05, 3.63) is 0 Å². The van der Waals surface area contributed by atoms with E-state index in [4.69, 9.17) is 22.5 Å². The summed E-state index contributed by atoms with van der Waals surface area (Å²) in [5.74, 6) is 0. The summed E-state index contributed by atoms with van der Waals surface area (Å²) in [6, 6.07) is 0. The molecule has 0 aliphatic carbocycles. The summed E-state index contributed by atoms with van der Waals surface area (Å²) < 4.78 is 14.9. The van der Waals surface area contributed by atoms with Gasteiger partial charge in [-0.1, -0.05) is 0 Å². The van der Waals surface area contributed by atoms with Crippen LogP contribution in [0.5, 0.6) is 0 Å². The third-order valence-electron chi connectivity index (χ3n) is 0.611. The Balaban J connectivity index is 3.38. The van der Waals surface area contributed by atoms with Crippen LogP contribution in [0.1, 0.15) is 6.92 Å². The fraction of sp³-hybridized carbons (Fsp3) is 0.750. The molecule has 0 aromatic heterocycles. The second-order valence-electron chi connectivity index (χ2n) is 1.39. The van der Waals surface area contributed by atoms with Crippen LogP contribution in [0.2, 0.25) is 0 Å². The van der Waals surface area contributed by atoms with Gasteiger partial charge in [0.1, 0.15) is 0 Å². The van der Waals surface area contributed by atoms with Crippen LogP contribution in [-0.4, -0.2) is 19.4 Å². The van der Waals surface area contributed by atoms with Gasteiger partial charge in [0.25, 0.3) is 0 Å². The van der Waals surface area contributed by atoms with E-state index in [9.17, 15) is 4.57 Å². The first-order valence-corrected chi connectivity index (χ1v) is 6.12. The van der Waals surface area contributed by atoms with E-state index >= 15 is 0 Å². The van der Waals surface area contributed by atoms with E-state index in [2.05, 4.69) is 9.52 Å². The molecule has 0 radical (unpaired) electrons. The summed E-state index contributed by atoms with van der Waals surface area (Å²) in [5, 5.41) is 0. The van der Waals surface area contributed by atoms with Crippen molar-refractivity contribution in [2.24, 2.45) is 4.99 Å². The molecule has 0 fully saturated rings. The Morgan fingerprint density at radius 3 is 2.70 bits per heavy atom. The second kappa shape index (κ2) is 5.14. The maximum absolute atomic E-state index is 10.4. The average Bonchev–Trinajstić information content (AvgIpc) is 1.78. The lowest BCUT2D eigenvalue weighted by molar-refractivity contribution is 0.392. The molecule has 10 heavy (non-hydrogen) atoms. The highest BCUT2D eigenvalue weighted by atomic mass is 35.9. The fourth-order valence-electron chi connectivity index (χ4n) is 0.302. The molecule has 0 bridgehead atoms. The number of hydrogen-bond acceptors (Lipinski definition) is 3. The Morgan fingerprint density at radius 2 is 2.30 bits per heavy atom. The van der Waals surface area contributed by atoms with E-state index in [1.165, 1.54) is 6.21 Å². The molecule has 6 heteroatoms. The number of hydrogen-bond donors (Lipinski definition) is 0. The molecule has 0 spiro atoms. The highest BCUT2D eigenvalue weighted by molar-refractivity contribution is 8.05. The van der Waals surface area contributed by atoms with Gasteiger partial charge in [0.05, 0.1) is 6.61 Å². The van der Waals surface area contributed by atoms with Crippen LogP contribution in [-0.2, 0) is 9.09 Å². The van der Waals surface area contributed by atoms with Crippen LogP contribution in [0.25, 0.3) is 0 Å². The van der Waals surface area contributed by atoms with Crippen LogP contribution in [0.3, 0.4) is 0 Å². The van der Waals surface area contributed by atoms with Gasteiger partial charge < -0.3 is 4.52 Å². The molecule has 0 N–H and O–H groups in total. The molecule has 0 heterocycles. The van der Waals surface area contributed by atoms with Crippen LogP contribution >= 0.6 is 28.6 Å². The summed E-state index contributed by atoms with van der Waals surface area (Å²) in [5.41, 5.74) is 0. The van der Waals surface area contributed by atoms with Gasteiger partial charge in [-0.2, -0.15) is 0 Å². The van der Waals surface area contributed by atoms with Gasteiger partial charge in [0, 0.05) is 12.8 Å². The van der Waals surface area contributed by atoms with E-state index in [0.717, 1.165) is 0 Å². The summed E-state index contributed by atoms with van der Waals surface area (Å²) >= 11 is 10.1. The zero-order valence-electron chi connectivity index (χ0n) is 5.46. The van der Waals surface area contributed by atoms with Gasteiger partial charge in [-0.15, -0.1) is 0 Å². The van der Waals surface area contributed by atoms with E-state index in [1.807, 2.05) is 6.92 Å². The lowest BCUT2D eigenvalue weighted by Gasteiger charge is -1.97. The molecule has 0 aromatic rings. The van der Waals surface area contributed by atoms with Crippen molar-refractivity contribution in [2.45, 2.75) is 6.92 Å². The number of nitrogens with zero attached hydrogens (tertiary/aromatic N) is 1. The fourth-order valence-corrected chi connectivity index (χ4v) is 0.880. The minimum Gasteiger partial charge on any atom is -0.300 e. The molecule has 0 atom stereocenters. The lowest BCUT2D eigenvalue weighted by Crippen LogP contribution is -1.87. The van der Waals surface area contributed by atoms with Crippen molar-refractivity contribution in [2.75, 3.05) is 13.2 Å². The van der Waals surface area contributed by atoms with Gasteiger partial charge in [0.15, 0.2) is 0 Å². The minimum atomic E-state index is -3.35. The maximum atomic E-state index is 10.4. The Labute approximate surface area is 69.4 Å². The topological polar surface area (TPSA) is 38.7 Å². The number of rotatable bonds is 4. The molecular formula is C4H8Cl2NO2P. The van der Waals surface area contributed by atoms with Crippen molar-refractivity contribution < 1.29 is 9.09 Å². The average molecular weight is 204 g/mol. The van der Waals surface area contributed by atoms with Crippen LogP contribution in [0.15, 0.2) is 4.99 Å². The van der Waals surface area contributed by atoms with Crippen molar-refractivity contribution in [1.29, 1.82) is 0 Å². The summed E-state index contributed by atoms with van der Waals surface area (Å²) in [7, 11) is 0. The Bertz CT molecular complexity index is 155. The summed E-state index contributed by atoms with van der Waals surface area (Å²) in [4.78, 5) is 3.79. The van der Waals surface area contributed by atoms with Crippen molar-refractivity contribution in [1.82, 2.24) is 0 Å². The monoisotopic (exact) mass is 203 g/mol. The zero-order valence-corrected chi connectivity index (χ0v) is 7.86. The lowest BCUT2D eigenvalue weighted by atomic mass is 10.7. The van der Waals surface area contributed by atoms with Gasteiger partial charge in [-0.25, -0.2) is 0 Å². The van der Waals surface area contributed by atoms with E-state index in [-0.39, 0.29) is 6.61 Å². The van der Waals surface area contributed by atoms with Crippen LogP contribution in [0.4, 0.5) is 0 Å². The van der Waals surface area contributed by atoms with Crippen LogP contribution in [0, 0.1) is 0 Å². The SMILES string of the molecule is CCN=CCOP(=O)(Cl)Cl. The Hall–Kier alpha value is 0.440. The number of halogens is 2. The molecule has 0 aliphatic rings. The second-order valence-corrected chi connectivity index (χ2v) is 5.67. The molecule has 0 unspecified atom stereocenters. The maximum Gasteiger partial charge on any atom is 0.380 e. The summed E-state index contributed by atoms with van der Waals surface area (Å²) in [6.45, 7) is 2.63. The van der Waals surface area contributed by atoms with Crippen molar-refractivity contribution in [3.8, 4) is 0 Å². The summed E-state index contributed by atoms with van der Waals surface area (Å²) in [6.07, 6.45) is -1.88. The quantitative estimate of drug-likeness (QED) is 0.521. The zero-order chi connectivity index (χ0) is 8.04. The normalized spacial score (nSPS) is 12.7. The van der Waals surface area contributed by atoms with Gasteiger partial charge in [-0.05, 0) is 29.4 Å². The third-order valence-corrected chi connectivity index (χ3v) is 1.65. The standard InChI is InChI=1S/C4H8Cl2NO2P/c1-2-7-3-4-9-10(5,6)8/h3H,2,4H2,1H3. The molecular weight excluding hydrogens is 196 g/mol. The molecule has 0 saturated carbocycles. The molecule has 0 rings (SSSR count). The molecule has 3 nitrogen and oxygen atoms in total. The van der Waals surface area contributed by atoms with Gasteiger partial charge in [-0.3, -0.25) is 9.56 Å². The molecule has 60 valence electrons. The highest BCUT2D eigenvalue weighted by Gasteiger charge is 2.11. The van der Waals surface area contributed by atoms with Gasteiger partial charge in [0.2, 0.25) is 0 Å². The van der Waals surface area contributed by atoms with E-state index in [1.54, 1.807) is 0 Å². The molecule has 0 aromatic carbocycles. The van der Waals surface area contributed by atoms with Crippen molar-refractivity contribution >= 4 is 34.8 Å². The molecule has 0 saturated heterocycles. The third kappa shape index (κ3) is 8.44. The van der Waals surface area contributed by atoms with Crippen molar-refractivity contribution in [3.63, 3.8) is 0 Å². The first kappa shape index (κ1) is 10.4. The van der Waals surface area contributed by atoms with Crippen LogP contribution < -0.4 is 0 Å². The molecule has 0 aliphatic heterocycles. The first-order valence-electron chi connectivity index (χ1n) is 2.68. The van der Waals surface area contributed by atoms with E-state index < -0.39 is 6.07 Å². The first-order chi connectivity index (χ1) is 4.56. The predicted octanol–water partition coefficient (Wildman–Crippen LogP) is 2.68. The minimum absolute atomic E-state index is 0.0954. The van der Waals surface area contributed by atoms with Gasteiger partial charge >= 0.3 is 6.07 Å². The Kier molecular flexibility index (Phi) is 5.36. The molecule has 0 amide bonds. The largest absolute Gasteiger partial charge is 0.380 e. The van der Waals surface area contributed by atoms with E-state index in [0.29, 0.717) is 6.54 Å². The predicted molar refractivity (Wildman–Crippen MR) is 44.3 cm³/mol. The number of aliphatic imine (C=N–C) groups is 1.